The van der Waals surface area contributed by atoms with E-state index in [9.17, 15) is 4.79 Å². The number of carbonyl (C=O) groups is 1. The summed E-state index contributed by atoms with van der Waals surface area (Å²) in [5.41, 5.74) is 3.96. The van der Waals surface area contributed by atoms with Gasteiger partial charge in [-0.2, -0.15) is 5.10 Å². The summed E-state index contributed by atoms with van der Waals surface area (Å²) < 4.78 is 0. The largest absolute Gasteiger partial charge is 0.368 e. The van der Waals surface area contributed by atoms with E-state index < -0.39 is 0 Å². The minimum atomic E-state index is 0.170. The van der Waals surface area contributed by atoms with E-state index in [0.29, 0.717) is 6.42 Å². The van der Waals surface area contributed by atoms with Crippen LogP contribution in [0.1, 0.15) is 23.4 Å². The summed E-state index contributed by atoms with van der Waals surface area (Å²) in [6.45, 7) is 7.13. The van der Waals surface area contributed by atoms with Crippen molar-refractivity contribution in [1.29, 1.82) is 0 Å². The van der Waals surface area contributed by atoms with E-state index in [4.69, 9.17) is 11.6 Å². The number of nitrogens with one attached hydrogen (secondary N) is 1. The van der Waals surface area contributed by atoms with Gasteiger partial charge >= 0.3 is 0 Å². The van der Waals surface area contributed by atoms with Crippen LogP contribution < -0.4 is 4.90 Å². The molecule has 128 valence electrons. The Morgan fingerprint density at radius 1 is 1.21 bits per heavy atom. The average molecular weight is 347 g/mol. The van der Waals surface area contributed by atoms with E-state index in [1.165, 1.54) is 0 Å². The second kappa shape index (κ2) is 7.26. The standard InChI is InChI=1S/C18H23ClN4O/c1-13-15(14(2)21-20-13)12-18(24)23-9-5-8-22(10-11-23)17-7-4-3-6-16(17)19/h3-4,6-7H,5,8-12H2,1-2H3,(H,20,21). The minimum Gasteiger partial charge on any atom is -0.368 e. The Bertz CT molecular complexity index is 708. The van der Waals surface area contributed by atoms with Crippen molar-refractivity contribution in [3.05, 3.63) is 46.2 Å². The Labute approximate surface area is 147 Å². The number of hydrogen-bond acceptors (Lipinski definition) is 3. The Hall–Kier alpha value is -2.01. The molecule has 3 rings (SSSR count). The highest BCUT2D eigenvalue weighted by molar-refractivity contribution is 6.33. The van der Waals surface area contributed by atoms with Crippen LogP contribution in [-0.4, -0.2) is 47.2 Å². The first-order valence-electron chi connectivity index (χ1n) is 8.34. The monoisotopic (exact) mass is 346 g/mol. The number of amides is 1. The first-order valence-corrected chi connectivity index (χ1v) is 8.71. The molecule has 1 N–H and O–H groups in total. The molecule has 0 saturated carbocycles. The number of aryl methyl sites for hydroxylation is 2. The molecule has 0 radical (unpaired) electrons. The second-order valence-corrected chi connectivity index (χ2v) is 6.67. The fraction of sp³-hybridized carbons (Fsp3) is 0.444. The Morgan fingerprint density at radius 2 is 2.00 bits per heavy atom. The van der Waals surface area contributed by atoms with Crippen molar-refractivity contribution in [2.45, 2.75) is 26.7 Å². The third-order valence-corrected chi connectivity index (χ3v) is 4.97. The number of rotatable bonds is 3. The highest BCUT2D eigenvalue weighted by Gasteiger charge is 2.22. The van der Waals surface area contributed by atoms with Crippen LogP contribution in [0.25, 0.3) is 0 Å². The lowest BCUT2D eigenvalue weighted by molar-refractivity contribution is -0.130. The maximum absolute atomic E-state index is 12.7. The lowest BCUT2D eigenvalue weighted by Gasteiger charge is -2.24. The molecular weight excluding hydrogens is 324 g/mol. The van der Waals surface area contributed by atoms with Crippen LogP contribution >= 0.6 is 11.6 Å². The van der Waals surface area contributed by atoms with Crippen molar-refractivity contribution in [1.82, 2.24) is 15.1 Å². The fourth-order valence-electron chi connectivity index (χ4n) is 3.21. The van der Waals surface area contributed by atoms with Gasteiger partial charge in [0.25, 0.3) is 0 Å². The number of anilines is 1. The van der Waals surface area contributed by atoms with Gasteiger partial charge in [-0.1, -0.05) is 23.7 Å². The maximum atomic E-state index is 12.7. The van der Waals surface area contributed by atoms with Crippen LogP contribution in [-0.2, 0) is 11.2 Å². The Kier molecular flexibility index (Phi) is 5.09. The topological polar surface area (TPSA) is 52.2 Å². The van der Waals surface area contributed by atoms with E-state index in [0.717, 1.165) is 60.3 Å². The molecule has 1 aliphatic rings. The molecule has 24 heavy (non-hydrogen) atoms. The molecular formula is C18H23ClN4O. The van der Waals surface area contributed by atoms with Gasteiger partial charge in [0.2, 0.25) is 5.91 Å². The highest BCUT2D eigenvalue weighted by atomic mass is 35.5. The zero-order chi connectivity index (χ0) is 17.1. The smallest absolute Gasteiger partial charge is 0.227 e. The van der Waals surface area contributed by atoms with Crippen LogP contribution in [0, 0.1) is 13.8 Å². The van der Waals surface area contributed by atoms with Gasteiger partial charge in [-0.05, 0) is 32.4 Å². The normalized spacial score (nSPS) is 15.5. The zero-order valence-electron chi connectivity index (χ0n) is 14.2. The number of benzene rings is 1. The van der Waals surface area contributed by atoms with Gasteiger partial charge in [-0.25, -0.2) is 0 Å². The summed E-state index contributed by atoms with van der Waals surface area (Å²) in [6.07, 6.45) is 1.36. The van der Waals surface area contributed by atoms with Gasteiger partial charge < -0.3 is 9.80 Å². The lowest BCUT2D eigenvalue weighted by Crippen LogP contribution is -2.36. The van der Waals surface area contributed by atoms with Crippen molar-refractivity contribution in [2.75, 3.05) is 31.1 Å². The molecule has 6 heteroatoms. The summed E-state index contributed by atoms with van der Waals surface area (Å²) >= 11 is 6.31. The van der Waals surface area contributed by atoms with Crippen molar-refractivity contribution in [3.63, 3.8) is 0 Å². The number of aromatic amines is 1. The number of halogens is 1. The molecule has 2 heterocycles. The van der Waals surface area contributed by atoms with Crippen molar-refractivity contribution in [3.8, 4) is 0 Å². The molecule has 1 fully saturated rings. The number of H-pyrrole nitrogens is 1. The minimum absolute atomic E-state index is 0.170. The summed E-state index contributed by atoms with van der Waals surface area (Å²) in [7, 11) is 0. The number of aromatic nitrogens is 2. The van der Waals surface area contributed by atoms with Gasteiger partial charge in [0.15, 0.2) is 0 Å². The molecule has 5 nitrogen and oxygen atoms in total. The van der Waals surface area contributed by atoms with Gasteiger partial charge in [-0.15, -0.1) is 0 Å². The first kappa shape index (κ1) is 16.8. The quantitative estimate of drug-likeness (QED) is 0.929. The summed E-state index contributed by atoms with van der Waals surface area (Å²) in [6, 6.07) is 7.89. The van der Waals surface area contributed by atoms with E-state index in [1.54, 1.807) is 0 Å². The molecule has 0 bridgehead atoms. The van der Waals surface area contributed by atoms with E-state index >= 15 is 0 Å². The van der Waals surface area contributed by atoms with Gasteiger partial charge in [0.1, 0.15) is 0 Å². The zero-order valence-corrected chi connectivity index (χ0v) is 14.9. The SMILES string of the molecule is Cc1n[nH]c(C)c1CC(=O)N1CCCN(c2ccccc2Cl)CC1. The Balaban J connectivity index is 1.65. The number of para-hydroxylation sites is 1. The first-order chi connectivity index (χ1) is 11.6. The van der Waals surface area contributed by atoms with Gasteiger partial charge in [0, 0.05) is 37.4 Å². The molecule has 0 unspecified atom stereocenters. The third kappa shape index (κ3) is 3.56. The fourth-order valence-corrected chi connectivity index (χ4v) is 3.47. The van der Waals surface area contributed by atoms with E-state index in [2.05, 4.69) is 15.1 Å². The Morgan fingerprint density at radius 3 is 2.71 bits per heavy atom. The average Bonchev–Trinajstić information content (AvgIpc) is 2.79. The van der Waals surface area contributed by atoms with Crippen LogP contribution in [0.5, 0.6) is 0 Å². The molecule has 1 amide bonds. The second-order valence-electron chi connectivity index (χ2n) is 6.26. The molecule has 1 aliphatic heterocycles. The van der Waals surface area contributed by atoms with Crippen LogP contribution in [0.3, 0.4) is 0 Å². The van der Waals surface area contributed by atoms with Gasteiger partial charge in [-0.3, -0.25) is 9.89 Å². The van der Waals surface area contributed by atoms with Crippen LogP contribution in [0.2, 0.25) is 5.02 Å². The molecule has 0 atom stereocenters. The van der Waals surface area contributed by atoms with Crippen LogP contribution in [0.4, 0.5) is 5.69 Å². The third-order valence-electron chi connectivity index (χ3n) is 4.65. The number of carbonyl (C=O) groups excluding carboxylic acids is 1. The van der Waals surface area contributed by atoms with E-state index in [-0.39, 0.29) is 5.91 Å². The molecule has 1 aromatic carbocycles. The van der Waals surface area contributed by atoms with Crippen molar-refractivity contribution >= 4 is 23.2 Å². The number of nitrogens with zero attached hydrogens (tertiary/aromatic N) is 3. The molecule has 2 aromatic rings. The van der Waals surface area contributed by atoms with E-state index in [1.807, 2.05) is 43.0 Å². The van der Waals surface area contributed by atoms with Crippen molar-refractivity contribution < 1.29 is 4.79 Å². The molecule has 1 aromatic heterocycles. The molecule has 0 aliphatic carbocycles. The summed E-state index contributed by atoms with van der Waals surface area (Å²) in [5, 5.41) is 7.89. The van der Waals surface area contributed by atoms with Crippen LogP contribution in [0.15, 0.2) is 24.3 Å². The molecule has 0 spiro atoms. The van der Waals surface area contributed by atoms with Crippen molar-refractivity contribution in [2.24, 2.45) is 0 Å². The molecule has 1 saturated heterocycles. The predicted molar refractivity (Wildman–Crippen MR) is 96.6 cm³/mol. The van der Waals surface area contributed by atoms with Gasteiger partial charge in [0.05, 0.1) is 22.8 Å². The lowest BCUT2D eigenvalue weighted by atomic mass is 10.1. The maximum Gasteiger partial charge on any atom is 0.227 e. The number of hydrogen-bond donors (Lipinski definition) is 1. The summed E-state index contributed by atoms with van der Waals surface area (Å²) in [4.78, 5) is 16.9. The summed E-state index contributed by atoms with van der Waals surface area (Å²) in [5.74, 6) is 0.170. The predicted octanol–water partition coefficient (Wildman–Crippen LogP) is 2.96. The highest BCUT2D eigenvalue weighted by Crippen LogP contribution is 2.26.